The summed E-state index contributed by atoms with van der Waals surface area (Å²) in [5.74, 6) is 0. The molecule has 0 atom stereocenters. The standard InChI is InChI=1S/C6H9N/c1-3-4-5-6-7-2/h3,5-6H,1-2,4H2. The second kappa shape index (κ2) is 5.15. The molecule has 0 heterocycles. The maximum absolute atomic E-state index is 3.52. The molecule has 1 nitrogen and oxygen atoms in total. The van der Waals surface area contributed by atoms with Gasteiger partial charge >= 0.3 is 0 Å². The van der Waals surface area contributed by atoms with Crippen LogP contribution in [0.25, 0.3) is 0 Å². The Morgan fingerprint density at radius 2 is 2.29 bits per heavy atom. The zero-order valence-electron chi connectivity index (χ0n) is 4.30. The van der Waals surface area contributed by atoms with Crippen LogP contribution >= 0.6 is 0 Å². The Bertz CT molecular complexity index is 82.2. The topological polar surface area (TPSA) is 12.4 Å². The normalized spacial score (nSPS) is 9.14. The lowest BCUT2D eigenvalue weighted by molar-refractivity contribution is 1.38. The van der Waals surface area contributed by atoms with Gasteiger partial charge in [-0.3, -0.25) is 4.99 Å². The number of allylic oxidation sites excluding steroid dienone is 2. The van der Waals surface area contributed by atoms with Crippen molar-refractivity contribution in [1.29, 1.82) is 0 Å². The van der Waals surface area contributed by atoms with E-state index in [0.29, 0.717) is 0 Å². The molecule has 7 heavy (non-hydrogen) atoms. The minimum atomic E-state index is 0.874. The van der Waals surface area contributed by atoms with Crippen LogP contribution in [0.15, 0.2) is 29.9 Å². The van der Waals surface area contributed by atoms with E-state index in [9.17, 15) is 0 Å². The van der Waals surface area contributed by atoms with Crippen LogP contribution in [0.4, 0.5) is 0 Å². The summed E-state index contributed by atoms with van der Waals surface area (Å²) in [6.07, 6.45) is 6.22. The Morgan fingerprint density at radius 1 is 1.57 bits per heavy atom. The van der Waals surface area contributed by atoms with Crippen LogP contribution in [0, 0.1) is 0 Å². The van der Waals surface area contributed by atoms with Crippen LogP contribution in [0.2, 0.25) is 0 Å². The molecular weight excluding hydrogens is 86.1 g/mol. The van der Waals surface area contributed by atoms with Gasteiger partial charge in [0, 0.05) is 6.20 Å². The fraction of sp³-hybridized carbons (Fsp3) is 0.167. The Balaban J connectivity index is 3.08. The zero-order valence-corrected chi connectivity index (χ0v) is 4.30. The Morgan fingerprint density at radius 3 is 2.71 bits per heavy atom. The molecule has 0 saturated heterocycles. The lowest BCUT2D eigenvalue weighted by Gasteiger charge is -1.71. The number of rotatable bonds is 3. The summed E-state index contributed by atoms with van der Waals surface area (Å²) in [6.45, 7) is 6.78. The molecule has 0 aromatic rings. The van der Waals surface area contributed by atoms with Crippen molar-refractivity contribution in [2.45, 2.75) is 6.42 Å². The molecule has 0 amide bonds. The van der Waals surface area contributed by atoms with Gasteiger partial charge in [0.15, 0.2) is 0 Å². The average Bonchev–Trinajstić information content (AvgIpc) is 1.69. The number of aliphatic imine (C=N–C) groups is 1. The van der Waals surface area contributed by atoms with E-state index < -0.39 is 0 Å². The van der Waals surface area contributed by atoms with Crippen molar-refractivity contribution in [3.8, 4) is 0 Å². The highest BCUT2D eigenvalue weighted by molar-refractivity contribution is 5.25. The van der Waals surface area contributed by atoms with E-state index in [4.69, 9.17) is 0 Å². The summed E-state index contributed by atoms with van der Waals surface area (Å²) in [5, 5.41) is 0. The third-order valence-corrected chi connectivity index (χ3v) is 0.514. The van der Waals surface area contributed by atoms with Crippen molar-refractivity contribution < 1.29 is 0 Å². The first-order valence-electron chi connectivity index (χ1n) is 2.13. The summed E-state index contributed by atoms with van der Waals surface area (Å²) in [5.41, 5.74) is 0. The van der Waals surface area contributed by atoms with E-state index in [0.717, 1.165) is 6.42 Å². The molecular formula is C6H9N. The van der Waals surface area contributed by atoms with E-state index in [1.807, 2.05) is 12.2 Å². The van der Waals surface area contributed by atoms with Gasteiger partial charge in [-0.2, -0.15) is 0 Å². The largest absolute Gasteiger partial charge is 0.273 e. The zero-order chi connectivity index (χ0) is 5.54. The van der Waals surface area contributed by atoms with Crippen molar-refractivity contribution in [2.75, 3.05) is 0 Å². The van der Waals surface area contributed by atoms with Crippen molar-refractivity contribution in [3.05, 3.63) is 24.9 Å². The first-order chi connectivity index (χ1) is 3.41. The van der Waals surface area contributed by atoms with Crippen LogP contribution in [-0.4, -0.2) is 6.72 Å². The van der Waals surface area contributed by atoms with Crippen molar-refractivity contribution in [2.24, 2.45) is 4.99 Å². The average molecular weight is 95.1 g/mol. The highest BCUT2D eigenvalue weighted by Gasteiger charge is 1.60. The summed E-state index contributed by atoms with van der Waals surface area (Å²) in [4.78, 5) is 3.49. The van der Waals surface area contributed by atoms with E-state index in [1.165, 1.54) is 0 Å². The molecule has 0 unspecified atom stereocenters. The first kappa shape index (κ1) is 6.15. The van der Waals surface area contributed by atoms with E-state index in [1.54, 1.807) is 6.20 Å². The van der Waals surface area contributed by atoms with Gasteiger partial charge in [0.1, 0.15) is 0 Å². The van der Waals surface area contributed by atoms with Crippen LogP contribution in [-0.2, 0) is 0 Å². The lowest BCUT2D eigenvalue weighted by Crippen LogP contribution is -1.50. The van der Waals surface area contributed by atoms with Crippen LogP contribution in [0.3, 0.4) is 0 Å². The highest BCUT2D eigenvalue weighted by Crippen LogP contribution is 1.80. The molecule has 0 spiro atoms. The van der Waals surface area contributed by atoms with E-state index in [2.05, 4.69) is 18.3 Å². The van der Waals surface area contributed by atoms with Crippen LogP contribution in [0.5, 0.6) is 0 Å². The monoisotopic (exact) mass is 95.1 g/mol. The molecule has 0 aliphatic heterocycles. The SMILES string of the molecule is C=CCC=CN=C. The summed E-state index contributed by atoms with van der Waals surface area (Å²) in [7, 11) is 0. The van der Waals surface area contributed by atoms with Gasteiger partial charge in [0.2, 0.25) is 0 Å². The van der Waals surface area contributed by atoms with Gasteiger partial charge in [-0.05, 0) is 13.1 Å². The van der Waals surface area contributed by atoms with Gasteiger partial charge < -0.3 is 0 Å². The van der Waals surface area contributed by atoms with Gasteiger partial charge in [-0.1, -0.05) is 12.2 Å². The molecule has 0 aromatic heterocycles. The highest BCUT2D eigenvalue weighted by atomic mass is 14.6. The smallest absolute Gasteiger partial charge is 0.0223 e. The third-order valence-electron chi connectivity index (χ3n) is 0.514. The minimum Gasteiger partial charge on any atom is -0.273 e. The third kappa shape index (κ3) is 5.15. The summed E-state index contributed by atoms with van der Waals surface area (Å²) in [6, 6.07) is 0. The molecule has 0 radical (unpaired) electrons. The van der Waals surface area contributed by atoms with Crippen molar-refractivity contribution >= 4 is 6.72 Å². The van der Waals surface area contributed by atoms with Crippen molar-refractivity contribution in [3.63, 3.8) is 0 Å². The number of hydrogen-bond acceptors (Lipinski definition) is 1. The van der Waals surface area contributed by atoms with Crippen LogP contribution < -0.4 is 0 Å². The second-order valence-corrected chi connectivity index (χ2v) is 1.09. The minimum absolute atomic E-state index is 0.874. The molecule has 0 N–H and O–H groups in total. The number of hydrogen-bond donors (Lipinski definition) is 0. The number of nitrogens with zero attached hydrogens (tertiary/aromatic N) is 1. The molecule has 0 saturated carbocycles. The molecule has 0 rings (SSSR count). The van der Waals surface area contributed by atoms with Gasteiger partial charge in [-0.25, -0.2) is 0 Å². The van der Waals surface area contributed by atoms with Gasteiger partial charge in [0.05, 0.1) is 0 Å². The summed E-state index contributed by atoms with van der Waals surface area (Å²) >= 11 is 0. The van der Waals surface area contributed by atoms with Gasteiger partial charge in [0.25, 0.3) is 0 Å². The lowest BCUT2D eigenvalue weighted by atomic mass is 10.4. The molecule has 0 aliphatic rings. The fourth-order valence-corrected chi connectivity index (χ4v) is 0.232. The predicted octanol–water partition coefficient (Wildman–Crippen LogP) is 1.78. The fourth-order valence-electron chi connectivity index (χ4n) is 0.232. The van der Waals surface area contributed by atoms with Crippen LogP contribution in [0.1, 0.15) is 6.42 Å². The summed E-state index contributed by atoms with van der Waals surface area (Å²) < 4.78 is 0. The molecule has 0 fully saturated rings. The molecule has 0 aromatic carbocycles. The Hall–Kier alpha value is -0.850. The van der Waals surface area contributed by atoms with E-state index in [-0.39, 0.29) is 0 Å². The quantitative estimate of drug-likeness (QED) is 0.374. The first-order valence-corrected chi connectivity index (χ1v) is 2.13. The molecule has 38 valence electrons. The Kier molecular flexibility index (Phi) is 4.52. The van der Waals surface area contributed by atoms with Gasteiger partial charge in [-0.15, -0.1) is 6.58 Å². The molecule has 0 aliphatic carbocycles. The molecule has 0 bridgehead atoms. The van der Waals surface area contributed by atoms with E-state index >= 15 is 0 Å². The molecule has 1 heteroatoms. The van der Waals surface area contributed by atoms with Crippen molar-refractivity contribution in [1.82, 2.24) is 0 Å². The second-order valence-electron chi connectivity index (χ2n) is 1.09. The Labute approximate surface area is 44.1 Å². The maximum Gasteiger partial charge on any atom is 0.0223 e. The predicted molar refractivity (Wildman–Crippen MR) is 33.5 cm³/mol. The maximum atomic E-state index is 3.52.